The topological polar surface area (TPSA) is 111 Å². The number of carbonyl (C=O) groups excluding carboxylic acids is 1. The second-order valence-corrected chi connectivity index (χ2v) is 3.53. The number of rotatable bonds is 3. The summed E-state index contributed by atoms with van der Waals surface area (Å²) in [6.07, 6.45) is 1.76. The van der Waals surface area contributed by atoms with Crippen LogP contribution in [0.4, 0.5) is 0 Å². The van der Waals surface area contributed by atoms with E-state index in [2.05, 4.69) is 4.99 Å². The highest BCUT2D eigenvalue weighted by Crippen LogP contribution is 2.12. The number of primary amides is 1. The molecule has 0 saturated carbocycles. The number of guanidine groups is 1. The molecule has 1 rings (SSSR count). The third-order valence-electron chi connectivity index (χ3n) is 2.27. The summed E-state index contributed by atoms with van der Waals surface area (Å²) in [4.78, 5) is 16.7. The highest BCUT2D eigenvalue weighted by atomic mass is 16.1. The quantitative estimate of drug-likeness (QED) is 0.368. The lowest BCUT2D eigenvalue weighted by atomic mass is 10.1. The Morgan fingerprint density at radius 2 is 1.86 bits per heavy atom. The molecular weight excluding hydrogens is 182 g/mol. The van der Waals surface area contributed by atoms with E-state index in [-0.39, 0.29) is 17.9 Å². The fourth-order valence-corrected chi connectivity index (χ4v) is 1.64. The number of amides is 1. The maximum absolute atomic E-state index is 10.6. The lowest BCUT2D eigenvalue weighted by molar-refractivity contribution is -0.119. The first-order valence-corrected chi connectivity index (χ1v) is 4.67. The lowest BCUT2D eigenvalue weighted by Gasteiger charge is -2.28. The molecule has 0 spiro atoms. The van der Waals surface area contributed by atoms with E-state index >= 15 is 0 Å². The van der Waals surface area contributed by atoms with Gasteiger partial charge in [0.1, 0.15) is 0 Å². The summed E-state index contributed by atoms with van der Waals surface area (Å²) in [6, 6.07) is 0.198. The van der Waals surface area contributed by atoms with E-state index in [0.717, 1.165) is 25.9 Å². The minimum absolute atomic E-state index is 0.137. The minimum atomic E-state index is -0.287. The molecule has 1 fully saturated rings. The van der Waals surface area contributed by atoms with Crippen molar-refractivity contribution < 1.29 is 4.79 Å². The molecule has 6 nitrogen and oxygen atoms in total. The summed E-state index contributed by atoms with van der Waals surface area (Å²) >= 11 is 0. The van der Waals surface area contributed by atoms with Crippen LogP contribution in [0.15, 0.2) is 4.99 Å². The van der Waals surface area contributed by atoms with E-state index in [9.17, 15) is 4.79 Å². The Labute approximate surface area is 83.1 Å². The van der Waals surface area contributed by atoms with E-state index in [0.29, 0.717) is 6.54 Å². The number of nitrogens with zero attached hydrogens (tertiary/aromatic N) is 2. The highest BCUT2D eigenvalue weighted by molar-refractivity contribution is 5.76. The van der Waals surface area contributed by atoms with Crippen molar-refractivity contribution in [1.29, 1.82) is 0 Å². The summed E-state index contributed by atoms with van der Waals surface area (Å²) < 4.78 is 0. The van der Waals surface area contributed by atoms with Crippen LogP contribution in [0.25, 0.3) is 0 Å². The Balaban J connectivity index is 2.31. The predicted octanol–water partition coefficient (Wildman–Crippen LogP) is -1.79. The molecule has 1 saturated heterocycles. The third kappa shape index (κ3) is 3.61. The van der Waals surface area contributed by atoms with Crippen LogP contribution in [0.2, 0.25) is 0 Å². The van der Waals surface area contributed by atoms with E-state index in [1.165, 1.54) is 0 Å². The molecule has 0 radical (unpaired) electrons. The Morgan fingerprint density at radius 1 is 1.29 bits per heavy atom. The first kappa shape index (κ1) is 10.8. The van der Waals surface area contributed by atoms with Gasteiger partial charge in [-0.3, -0.25) is 14.7 Å². The molecule has 0 aromatic rings. The zero-order valence-corrected chi connectivity index (χ0v) is 8.15. The predicted molar refractivity (Wildman–Crippen MR) is 54.5 cm³/mol. The molecule has 6 heteroatoms. The molecule has 0 aromatic heterocycles. The first-order valence-electron chi connectivity index (χ1n) is 4.67. The molecule has 0 aromatic carbocycles. The number of hydrogen-bond donors (Lipinski definition) is 3. The van der Waals surface area contributed by atoms with Crippen LogP contribution in [0, 0.1) is 0 Å². The average Bonchev–Trinajstić information content (AvgIpc) is 2.06. The molecule has 14 heavy (non-hydrogen) atoms. The van der Waals surface area contributed by atoms with Crippen molar-refractivity contribution >= 4 is 11.9 Å². The van der Waals surface area contributed by atoms with Crippen LogP contribution >= 0.6 is 0 Å². The minimum Gasteiger partial charge on any atom is -0.370 e. The molecule has 0 unspecified atom stereocenters. The van der Waals surface area contributed by atoms with Crippen LogP contribution in [0.1, 0.15) is 12.8 Å². The first-order chi connectivity index (χ1) is 6.58. The highest BCUT2D eigenvalue weighted by Gasteiger charge is 2.19. The zero-order valence-electron chi connectivity index (χ0n) is 8.15. The van der Waals surface area contributed by atoms with Crippen LogP contribution in [-0.2, 0) is 4.79 Å². The van der Waals surface area contributed by atoms with Gasteiger partial charge in [-0.15, -0.1) is 0 Å². The van der Waals surface area contributed by atoms with Crippen LogP contribution in [-0.4, -0.2) is 42.4 Å². The van der Waals surface area contributed by atoms with Gasteiger partial charge in [0.2, 0.25) is 5.91 Å². The van der Waals surface area contributed by atoms with Gasteiger partial charge in [-0.05, 0) is 12.8 Å². The summed E-state index contributed by atoms with van der Waals surface area (Å²) in [6.45, 7) is 1.98. The van der Waals surface area contributed by atoms with Gasteiger partial charge in [0, 0.05) is 13.1 Å². The number of nitrogens with two attached hydrogens (primary N) is 3. The fourth-order valence-electron chi connectivity index (χ4n) is 1.64. The number of hydrogen-bond acceptors (Lipinski definition) is 3. The fraction of sp³-hybridized carbons (Fsp3) is 0.750. The van der Waals surface area contributed by atoms with Crippen LogP contribution < -0.4 is 17.2 Å². The number of aliphatic imine (C=N–C) groups is 1. The van der Waals surface area contributed by atoms with Crippen molar-refractivity contribution in [3.8, 4) is 0 Å². The molecule has 1 heterocycles. The van der Waals surface area contributed by atoms with Gasteiger partial charge < -0.3 is 17.2 Å². The number of carbonyl (C=O) groups is 1. The molecule has 0 atom stereocenters. The zero-order chi connectivity index (χ0) is 10.6. The van der Waals surface area contributed by atoms with Crippen LogP contribution in [0.5, 0.6) is 0 Å². The van der Waals surface area contributed by atoms with Gasteiger partial charge in [-0.25, -0.2) is 0 Å². The standard InChI is InChI=1S/C8H17N5O/c9-7(14)5-13-3-1-6(2-4-13)12-8(10)11/h6H,1-5H2,(H2,9,14)(H4,10,11,12). The smallest absolute Gasteiger partial charge is 0.231 e. The molecule has 0 bridgehead atoms. The normalized spacial score (nSPS) is 19.1. The molecular formula is C8H17N5O. The largest absolute Gasteiger partial charge is 0.370 e. The van der Waals surface area contributed by atoms with Crippen LogP contribution in [0.3, 0.4) is 0 Å². The summed E-state index contributed by atoms with van der Waals surface area (Å²) in [5.41, 5.74) is 15.6. The summed E-state index contributed by atoms with van der Waals surface area (Å²) in [5, 5.41) is 0. The lowest BCUT2D eigenvalue weighted by Crippen LogP contribution is -2.41. The van der Waals surface area contributed by atoms with E-state index < -0.39 is 0 Å². The summed E-state index contributed by atoms with van der Waals surface area (Å²) in [5.74, 6) is -0.149. The summed E-state index contributed by atoms with van der Waals surface area (Å²) in [7, 11) is 0. The maximum atomic E-state index is 10.6. The maximum Gasteiger partial charge on any atom is 0.231 e. The number of likely N-dealkylation sites (tertiary alicyclic amines) is 1. The second kappa shape index (κ2) is 4.80. The second-order valence-electron chi connectivity index (χ2n) is 3.53. The molecule has 80 valence electrons. The molecule has 1 amide bonds. The van der Waals surface area contributed by atoms with Crippen molar-refractivity contribution in [3.63, 3.8) is 0 Å². The Morgan fingerprint density at radius 3 is 2.29 bits per heavy atom. The van der Waals surface area contributed by atoms with Crippen molar-refractivity contribution in [2.75, 3.05) is 19.6 Å². The molecule has 0 aliphatic carbocycles. The Bertz CT molecular complexity index is 228. The van der Waals surface area contributed by atoms with Gasteiger partial charge in [-0.2, -0.15) is 0 Å². The SMILES string of the molecule is NC(=O)CN1CCC(N=C(N)N)CC1. The van der Waals surface area contributed by atoms with E-state index in [1.807, 2.05) is 4.90 Å². The van der Waals surface area contributed by atoms with Gasteiger partial charge >= 0.3 is 0 Å². The molecule has 1 aliphatic heterocycles. The Kier molecular flexibility index (Phi) is 3.70. The van der Waals surface area contributed by atoms with Gasteiger partial charge in [0.05, 0.1) is 12.6 Å². The van der Waals surface area contributed by atoms with Gasteiger partial charge in [-0.1, -0.05) is 0 Å². The van der Waals surface area contributed by atoms with Crippen molar-refractivity contribution in [3.05, 3.63) is 0 Å². The van der Waals surface area contributed by atoms with Crippen molar-refractivity contribution in [2.24, 2.45) is 22.2 Å². The number of piperidine rings is 1. The van der Waals surface area contributed by atoms with E-state index in [4.69, 9.17) is 17.2 Å². The third-order valence-corrected chi connectivity index (χ3v) is 2.27. The molecule has 1 aliphatic rings. The van der Waals surface area contributed by atoms with Crippen molar-refractivity contribution in [1.82, 2.24) is 4.90 Å². The molecule has 6 N–H and O–H groups in total. The van der Waals surface area contributed by atoms with E-state index in [1.54, 1.807) is 0 Å². The van der Waals surface area contributed by atoms with Crippen molar-refractivity contribution in [2.45, 2.75) is 18.9 Å². The monoisotopic (exact) mass is 199 g/mol. The average molecular weight is 199 g/mol. The van der Waals surface area contributed by atoms with Gasteiger partial charge in [0.15, 0.2) is 5.96 Å². The Hall–Kier alpha value is -1.30. The van der Waals surface area contributed by atoms with Gasteiger partial charge in [0.25, 0.3) is 0 Å².